The van der Waals surface area contributed by atoms with Gasteiger partial charge in [-0.3, -0.25) is 9.56 Å². The van der Waals surface area contributed by atoms with E-state index in [0.717, 1.165) is 38.4 Å². The van der Waals surface area contributed by atoms with Crippen molar-refractivity contribution in [1.82, 2.24) is 14.5 Å². The molecule has 5 nitrogen and oxygen atoms in total. The van der Waals surface area contributed by atoms with Gasteiger partial charge in [0, 0.05) is 15.6 Å². The van der Waals surface area contributed by atoms with E-state index in [0.29, 0.717) is 12.3 Å². The van der Waals surface area contributed by atoms with Crippen LogP contribution in [0.2, 0.25) is 0 Å². The van der Waals surface area contributed by atoms with Gasteiger partial charge in [0.15, 0.2) is 12.2 Å². The number of rotatable bonds is 2. The fraction of sp³-hybridized carbons (Fsp3) is 0.0500. The highest BCUT2D eigenvalue weighted by atomic mass is 79.9. The highest BCUT2D eigenvalue weighted by molar-refractivity contribution is 9.10. The third kappa shape index (κ3) is 2.42. The molecule has 0 aliphatic carbocycles. The Morgan fingerprint density at radius 3 is 2.77 bits per heavy atom. The van der Waals surface area contributed by atoms with Crippen molar-refractivity contribution in [3.63, 3.8) is 0 Å². The monoisotopic (exact) mass is 404 g/mol. The second-order valence-corrected chi connectivity index (χ2v) is 6.88. The van der Waals surface area contributed by atoms with Crippen LogP contribution >= 0.6 is 15.9 Å². The molecule has 3 heterocycles. The van der Waals surface area contributed by atoms with E-state index in [1.807, 2.05) is 30.6 Å². The molecule has 5 rings (SSSR count). The molecule has 0 fully saturated rings. The lowest BCUT2D eigenvalue weighted by Crippen LogP contribution is -2.06. The van der Waals surface area contributed by atoms with E-state index in [9.17, 15) is 0 Å². The zero-order valence-corrected chi connectivity index (χ0v) is 15.2. The van der Waals surface area contributed by atoms with Gasteiger partial charge in [0.1, 0.15) is 12.0 Å². The molecule has 6 heteroatoms. The Morgan fingerprint density at radius 1 is 1.08 bits per heavy atom. The Hall–Kier alpha value is -2.99. The SMILES string of the molecule is Brc1ccc2c(c1)C(c1ccccc1)=NCc1c(-c3cnco3)ncn1-2. The summed E-state index contributed by atoms with van der Waals surface area (Å²) < 4.78 is 8.56. The number of hydrogen-bond acceptors (Lipinski definition) is 4. The zero-order chi connectivity index (χ0) is 17.5. The van der Waals surface area contributed by atoms with E-state index in [4.69, 9.17) is 9.41 Å². The average molecular weight is 405 g/mol. The normalized spacial score (nSPS) is 12.9. The summed E-state index contributed by atoms with van der Waals surface area (Å²) >= 11 is 3.59. The van der Waals surface area contributed by atoms with Crippen LogP contribution in [-0.2, 0) is 6.54 Å². The second-order valence-electron chi connectivity index (χ2n) is 5.97. The van der Waals surface area contributed by atoms with E-state index < -0.39 is 0 Å². The molecule has 0 N–H and O–H groups in total. The van der Waals surface area contributed by atoms with Crippen molar-refractivity contribution in [2.75, 3.05) is 0 Å². The predicted octanol–water partition coefficient (Wildman–Crippen LogP) is 4.64. The number of halogens is 1. The van der Waals surface area contributed by atoms with Crippen molar-refractivity contribution in [1.29, 1.82) is 0 Å². The first-order valence-corrected chi connectivity index (χ1v) is 8.96. The molecule has 126 valence electrons. The summed E-state index contributed by atoms with van der Waals surface area (Å²) in [6.07, 6.45) is 4.92. The largest absolute Gasteiger partial charge is 0.442 e. The van der Waals surface area contributed by atoms with Crippen LogP contribution in [0.5, 0.6) is 0 Å². The summed E-state index contributed by atoms with van der Waals surface area (Å²) in [5, 5.41) is 0. The summed E-state index contributed by atoms with van der Waals surface area (Å²) in [5.74, 6) is 0.649. The number of aliphatic imine (C=N–C) groups is 1. The lowest BCUT2D eigenvalue weighted by atomic mass is 10.0. The lowest BCUT2D eigenvalue weighted by Gasteiger charge is -2.12. The van der Waals surface area contributed by atoms with Crippen LogP contribution in [0.15, 0.2) is 81.3 Å². The Balaban J connectivity index is 1.76. The molecule has 0 spiro atoms. The molecule has 1 aliphatic rings. The van der Waals surface area contributed by atoms with Gasteiger partial charge >= 0.3 is 0 Å². The quantitative estimate of drug-likeness (QED) is 0.488. The first kappa shape index (κ1) is 15.3. The molecular weight excluding hydrogens is 392 g/mol. The molecule has 0 radical (unpaired) electrons. The predicted molar refractivity (Wildman–Crippen MR) is 103 cm³/mol. The van der Waals surface area contributed by atoms with Gasteiger partial charge in [0.2, 0.25) is 0 Å². The van der Waals surface area contributed by atoms with Gasteiger partial charge in [-0.15, -0.1) is 0 Å². The van der Waals surface area contributed by atoms with Crippen LogP contribution in [0.25, 0.3) is 17.1 Å². The lowest BCUT2D eigenvalue weighted by molar-refractivity contribution is 0.569. The van der Waals surface area contributed by atoms with Gasteiger partial charge in [-0.25, -0.2) is 9.97 Å². The van der Waals surface area contributed by atoms with Gasteiger partial charge in [0.25, 0.3) is 0 Å². The number of hydrogen-bond donors (Lipinski definition) is 0. The first-order chi connectivity index (χ1) is 12.8. The van der Waals surface area contributed by atoms with E-state index >= 15 is 0 Å². The van der Waals surface area contributed by atoms with Crippen LogP contribution in [0, 0.1) is 0 Å². The van der Waals surface area contributed by atoms with Gasteiger partial charge in [-0.2, -0.15) is 0 Å². The fourth-order valence-electron chi connectivity index (χ4n) is 3.26. The number of benzene rings is 2. The summed E-state index contributed by atoms with van der Waals surface area (Å²) in [6.45, 7) is 0.507. The van der Waals surface area contributed by atoms with Crippen molar-refractivity contribution in [3.8, 4) is 17.1 Å². The van der Waals surface area contributed by atoms with Crippen molar-refractivity contribution in [3.05, 3.63) is 88.7 Å². The highest BCUT2D eigenvalue weighted by Gasteiger charge is 2.23. The minimum Gasteiger partial charge on any atom is -0.442 e. The minimum absolute atomic E-state index is 0.507. The smallest absolute Gasteiger partial charge is 0.181 e. The third-order valence-corrected chi connectivity index (χ3v) is 4.93. The van der Waals surface area contributed by atoms with Crippen LogP contribution in [0.4, 0.5) is 0 Å². The molecule has 0 bridgehead atoms. The molecule has 4 aromatic rings. The first-order valence-electron chi connectivity index (χ1n) is 8.16. The van der Waals surface area contributed by atoms with Crippen LogP contribution in [0.3, 0.4) is 0 Å². The molecule has 0 saturated heterocycles. The number of fused-ring (bicyclic) bond motifs is 3. The fourth-order valence-corrected chi connectivity index (χ4v) is 3.62. The van der Waals surface area contributed by atoms with E-state index in [2.05, 4.69) is 54.7 Å². The Kier molecular flexibility index (Phi) is 3.57. The number of imidazole rings is 1. The van der Waals surface area contributed by atoms with Gasteiger partial charge in [-0.05, 0) is 18.2 Å². The average Bonchev–Trinajstić information content (AvgIpc) is 3.30. The number of aromatic nitrogens is 3. The molecular formula is C20H13BrN4O. The molecule has 26 heavy (non-hydrogen) atoms. The molecule has 2 aromatic heterocycles. The Bertz CT molecular complexity index is 1110. The minimum atomic E-state index is 0.507. The molecule has 0 saturated carbocycles. The number of oxazole rings is 1. The van der Waals surface area contributed by atoms with Gasteiger partial charge < -0.3 is 4.42 Å². The topological polar surface area (TPSA) is 56.2 Å². The van der Waals surface area contributed by atoms with Crippen LogP contribution < -0.4 is 0 Å². The molecule has 0 amide bonds. The number of nitrogens with zero attached hydrogens (tertiary/aromatic N) is 4. The van der Waals surface area contributed by atoms with Crippen molar-refractivity contribution >= 4 is 21.6 Å². The van der Waals surface area contributed by atoms with Gasteiger partial charge in [0.05, 0.1) is 29.8 Å². The van der Waals surface area contributed by atoms with Gasteiger partial charge in [-0.1, -0.05) is 46.3 Å². The van der Waals surface area contributed by atoms with Crippen molar-refractivity contribution in [2.24, 2.45) is 4.99 Å². The van der Waals surface area contributed by atoms with Crippen LogP contribution in [0.1, 0.15) is 16.8 Å². The molecule has 1 aliphatic heterocycles. The Labute approximate surface area is 158 Å². The van der Waals surface area contributed by atoms with Crippen molar-refractivity contribution < 1.29 is 4.42 Å². The van der Waals surface area contributed by atoms with E-state index in [-0.39, 0.29) is 0 Å². The summed E-state index contributed by atoms with van der Waals surface area (Å²) in [6, 6.07) is 16.5. The summed E-state index contributed by atoms with van der Waals surface area (Å²) in [4.78, 5) is 13.5. The van der Waals surface area contributed by atoms with Crippen LogP contribution in [-0.4, -0.2) is 20.2 Å². The maximum absolute atomic E-state index is 5.46. The summed E-state index contributed by atoms with van der Waals surface area (Å²) in [7, 11) is 0. The van der Waals surface area contributed by atoms with E-state index in [1.54, 1.807) is 6.20 Å². The summed E-state index contributed by atoms with van der Waals surface area (Å²) in [5.41, 5.74) is 5.92. The molecule has 0 atom stereocenters. The maximum Gasteiger partial charge on any atom is 0.181 e. The Morgan fingerprint density at radius 2 is 1.96 bits per heavy atom. The highest BCUT2D eigenvalue weighted by Crippen LogP contribution is 2.32. The molecule has 0 unspecified atom stereocenters. The molecule has 2 aromatic carbocycles. The third-order valence-electron chi connectivity index (χ3n) is 4.44. The zero-order valence-electron chi connectivity index (χ0n) is 13.6. The van der Waals surface area contributed by atoms with Crippen molar-refractivity contribution in [2.45, 2.75) is 6.54 Å². The second kappa shape index (κ2) is 6.07. The standard InChI is InChI=1S/C20H13BrN4O/c21-14-6-7-16-15(8-14)19(13-4-2-1-3-5-13)23-9-17-20(24-11-25(16)17)18-10-22-12-26-18/h1-8,10-12H,9H2. The maximum atomic E-state index is 5.46. The van der Waals surface area contributed by atoms with E-state index in [1.165, 1.54) is 6.39 Å².